The molecule has 0 amide bonds. The second kappa shape index (κ2) is 4.58. The highest BCUT2D eigenvalue weighted by Gasteiger charge is 2.13. The van der Waals surface area contributed by atoms with Crippen LogP contribution in [0.15, 0.2) is 34.9 Å². The minimum atomic E-state index is 0.654. The van der Waals surface area contributed by atoms with Crippen molar-refractivity contribution in [3.05, 3.63) is 50.8 Å². The van der Waals surface area contributed by atoms with E-state index in [9.17, 15) is 0 Å². The van der Waals surface area contributed by atoms with E-state index in [1.54, 1.807) is 6.20 Å². The number of nitrogens with zero attached hydrogens (tertiary/aromatic N) is 2. The molecule has 3 nitrogen and oxygen atoms in total. The first kappa shape index (κ1) is 12.6. The molecule has 2 heterocycles. The van der Waals surface area contributed by atoms with Crippen LogP contribution in [-0.4, -0.2) is 14.5 Å². The van der Waals surface area contributed by atoms with Crippen molar-refractivity contribution in [3.8, 4) is 5.69 Å². The lowest BCUT2D eigenvalue weighted by Gasteiger charge is -2.11. The van der Waals surface area contributed by atoms with Crippen molar-refractivity contribution in [1.82, 2.24) is 14.5 Å². The fourth-order valence-corrected chi connectivity index (χ4v) is 3.48. The predicted octanol–water partition coefficient (Wildman–Crippen LogP) is 4.46. The molecular weight excluding hydrogens is 322 g/mol. The number of hydrogen-bond donors (Lipinski definition) is 1. The van der Waals surface area contributed by atoms with Gasteiger partial charge >= 0.3 is 0 Å². The van der Waals surface area contributed by atoms with E-state index in [1.807, 2.05) is 16.7 Å². The maximum Gasteiger partial charge on any atom is 0.184 e. The van der Waals surface area contributed by atoms with Gasteiger partial charge in [-0.15, -0.1) is 0 Å². The van der Waals surface area contributed by atoms with Gasteiger partial charge in [0.05, 0.1) is 11.2 Å². The Hall–Kier alpha value is -1.46. The van der Waals surface area contributed by atoms with Gasteiger partial charge < -0.3 is 4.98 Å². The number of pyridine rings is 1. The quantitative estimate of drug-likeness (QED) is 0.667. The van der Waals surface area contributed by atoms with Gasteiger partial charge in [-0.1, -0.05) is 6.07 Å². The van der Waals surface area contributed by atoms with Crippen LogP contribution >= 0.6 is 28.1 Å². The van der Waals surface area contributed by atoms with Crippen LogP contribution in [0.2, 0.25) is 0 Å². The fourth-order valence-electron chi connectivity index (χ4n) is 2.34. The molecule has 0 aliphatic rings. The first-order valence-corrected chi connectivity index (χ1v) is 7.11. The van der Waals surface area contributed by atoms with E-state index in [4.69, 9.17) is 12.2 Å². The van der Waals surface area contributed by atoms with Crippen molar-refractivity contribution in [2.75, 3.05) is 0 Å². The summed E-state index contributed by atoms with van der Waals surface area (Å²) in [5, 5.41) is 0. The zero-order valence-corrected chi connectivity index (χ0v) is 13.0. The number of rotatable bonds is 1. The number of imidazole rings is 1. The molecule has 0 bridgehead atoms. The lowest BCUT2D eigenvalue weighted by Crippen LogP contribution is -2.00. The van der Waals surface area contributed by atoms with Crippen LogP contribution in [0.4, 0.5) is 0 Å². The minimum absolute atomic E-state index is 0.654. The van der Waals surface area contributed by atoms with E-state index in [0.29, 0.717) is 4.77 Å². The number of fused-ring (bicyclic) bond motifs is 1. The van der Waals surface area contributed by atoms with Gasteiger partial charge in [0.25, 0.3) is 0 Å². The number of aromatic amines is 1. The van der Waals surface area contributed by atoms with Crippen molar-refractivity contribution in [1.29, 1.82) is 0 Å². The van der Waals surface area contributed by atoms with Crippen molar-refractivity contribution >= 4 is 39.3 Å². The van der Waals surface area contributed by atoms with Crippen LogP contribution in [0.1, 0.15) is 11.1 Å². The van der Waals surface area contributed by atoms with E-state index in [-0.39, 0.29) is 0 Å². The molecule has 1 N–H and O–H groups in total. The summed E-state index contributed by atoms with van der Waals surface area (Å²) in [4.78, 5) is 7.62. The van der Waals surface area contributed by atoms with Crippen LogP contribution in [0.3, 0.4) is 0 Å². The van der Waals surface area contributed by atoms with Crippen molar-refractivity contribution < 1.29 is 0 Å². The van der Waals surface area contributed by atoms with Gasteiger partial charge in [-0.05, 0) is 71.3 Å². The summed E-state index contributed by atoms with van der Waals surface area (Å²) in [5.41, 5.74) is 5.21. The highest BCUT2D eigenvalue weighted by molar-refractivity contribution is 9.10. The van der Waals surface area contributed by atoms with Crippen LogP contribution in [0.5, 0.6) is 0 Å². The zero-order chi connectivity index (χ0) is 13.6. The molecule has 0 unspecified atom stereocenters. The first-order chi connectivity index (χ1) is 9.08. The van der Waals surface area contributed by atoms with Crippen LogP contribution < -0.4 is 0 Å². The second-order valence-electron chi connectivity index (χ2n) is 4.55. The molecule has 2 aromatic heterocycles. The Morgan fingerprint density at radius 3 is 2.84 bits per heavy atom. The Morgan fingerprint density at radius 1 is 1.32 bits per heavy atom. The third-order valence-corrected chi connectivity index (χ3v) is 3.95. The molecule has 0 saturated heterocycles. The number of H-pyrrole nitrogens is 1. The molecule has 0 atom stereocenters. The number of hydrogen-bond acceptors (Lipinski definition) is 2. The Morgan fingerprint density at radius 2 is 2.11 bits per heavy atom. The molecule has 0 saturated carbocycles. The fraction of sp³-hybridized carbons (Fsp3) is 0.143. The molecule has 0 fully saturated rings. The number of aromatic nitrogens is 3. The van der Waals surface area contributed by atoms with E-state index in [0.717, 1.165) is 26.9 Å². The summed E-state index contributed by atoms with van der Waals surface area (Å²) in [6, 6.07) is 8.11. The summed E-state index contributed by atoms with van der Waals surface area (Å²) in [7, 11) is 0. The number of aryl methyl sites for hydroxylation is 2. The predicted molar refractivity (Wildman–Crippen MR) is 83.4 cm³/mol. The van der Waals surface area contributed by atoms with Gasteiger partial charge in [-0.3, -0.25) is 4.57 Å². The molecule has 3 aromatic rings. The van der Waals surface area contributed by atoms with Crippen molar-refractivity contribution in [2.45, 2.75) is 13.8 Å². The standard InChI is InChI=1S/C14H12BrN3S/c1-8-6-9(2)12(10(15)7-8)18-13-11(17-14(18)19)4-3-5-16-13/h3-7H,1-2H3,(H,17,19). The SMILES string of the molecule is Cc1cc(C)c(-n2c(=S)[nH]c3cccnc32)c(Br)c1. The highest BCUT2D eigenvalue weighted by Crippen LogP contribution is 2.29. The second-order valence-corrected chi connectivity index (χ2v) is 5.79. The average molecular weight is 334 g/mol. The Balaban J connectivity index is 2.43. The van der Waals surface area contributed by atoms with E-state index in [1.165, 1.54) is 5.56 Å². The molecule has 3 rings (SSSR count). The zero-order valence-electron chi connectivity index (χ0n) is 10.6. The lowest BCUT2D eigenvalue weighted by atomic mass is 10.1. The molecular formula is C14H12BrN3S. The molecule has 1 aromatic carbocycles. The molecule has 0 radical (unpaired) electrons. The van der Waals surface area contributed by atoms with Gasteiger partial charge in [-0.25, -0.2) is 4.98 Å². The summed E-state index contributed by atoms with van der Waals surface area (Å²) in [6.45, 7) is 4.16. The molecule has 96 valence electrons. The summed E-state index contributed by atoms with van der Waals surface area (Å²) in [6.07, 6.45) is 1.78. The van der Waals surface area contributed by atoms with Gasteiger partial charge in [0, 0.05) is 10.7 Å². The van der Waals surface area contributed by atoms with Crippen LogP contribution in [0.25, 0.3) is 16.9 Å². The van der Waals surface area contributed by atoms with Crippen molar-refractivity contribution in [2.24, 2.45) is 0 Å². The average Bonchev–Trinajstić information content (AvgIpc) is 2.65. The van der Waals surface area contributed by atoms with Gasteiger partial charge in [0.2, 0.25) is 0 Å². The Labute approximate surface area is 124 Å². The highest BCUT2D eigenvalue weighted by atomic mass is 79.9. The minimum Gasteiger partial charge on any atom is -0.329 e. The largest absolute Gasteiger partial charge is 0.329 e. The molecule has 0 spiro atoms. The molecule has 5 heteroatoms. The van der Waals surface area contributed by atoms with Crippen LogP contribution in [-0.2, 0) is 0 Å². The third kappa shape index (κ3) is 2.03. The lowest BCUT2D eigenvalue weighted by molar-refractivity contribution is 1.02. The first-order valence-electron chi connectivity index (χ1n) is 5.91. The van der Waals surface area contributed by atoms with Crippen molar-refractivity contribution in [3.63, 3.8) is 0 Å². The molecule has 0 aliphatic heterocycles. The number of halogens is 1. The Bertz CT molecular complexity index is 809. The van der Waals surface area contributed by atoms with Gasteiger partial charge in [0.15, 0.2) is 10.4 Å². The van der Waals surface area contributed by atoms with E-state index >= 15 is 0 Å². The number of benzene rings is 1. The summed E-state index contributed by atoms with van der Waals surface area (Å²) < 4.78 is 3.65. The summed E-state index contributed by atoms with van der Waals surface area (Å²) in [5.74, 6) is 0. The smallest absolute Gasteiger partial charge is 0.184 e. The third-order valence-electron chi connectivity index (χ3n) is 3.07. The van der Waals surface area contributed by atoms with E-state index in [2.05, 4.69) is 51.9 Å². The topological polar surface area (TPSA) is 33.6 Å². The van der Waals surface area contributed by atoms with Crippen LogP contribution in [0, 0.1) is 18.6 Å². The van der Waals surface area contributed by atoms with Gasteiger partial charge in [0.1, 0.15) is 0 Å². The van der Waals surface area contributed by atoms with E-state index < -0.39 is 0 Å². The maximum absolute atomic E-state index is 5.43. The number of nitrogens with one attached hydrogen (secondary N) is 1. The molecule has 0 aliphatic carbocycles. The maximum atomic E-state index is 5.43. The summed E-state index contributed by atoms with van der Waals surface area (Å²) >= 11 is 9.06. The van der Waals surface area contributed by atoms with Gasteiger partial charge in [-0.2, -0.15) is 0 Å². The normalized spacial score (nSPS) is 11.1. The monoisotopic (exact) mass is 333 g/mol. The Kier molecular flexibility index (Phi) is 3.03. The molecule has 19 heavy (non-hydrogen) atoms.